The van der Waals surface area contributed by atoms with Crippen LogP contribution in [-0.4, -0.2) is 63.4 Å². The third-order valence-corrected chi connectivity index (χ3v) is 3.43. The van der Waals surface area contributed by atoms with Crippen molar-refractivity contribution in [1.29, 1.82) is 0 Å². The van der Waals surface area contributed by atoms with Gasteiger partial charge in [0, 0.05) is 12.0 Å². The van der Waals surface area contributed by atoms with Gasteiger partial charge in [-0.25, -0.2) is 14.4 Å². The number of hydrogen-bond donors (Lipinski definition) is 6. The van der Waals surface area contributed by atoms with Crippen molar-refractivity contribution in [2.24, 2.45) is 0 Å². The Balaban J connectivity index is -0.00000312. The van der Waals surface area contributed by atoms with Crippen molar-refractivity contribution in [3.63, 3.8) is 0 Å². The van der Waals surface area contributed by atoms with Crippen molar-refractivity contribution in [2.75, 3.05) is 6.54 Å². The van der Waals surface area contributed by atoms with Crippen LogP contribution < -0.4 is 16.0 Å². The molecule has 0 aliphatic carbocycles. The monoisotopic (exact) mass is 443 g/mol. The van der Waals surface area contributed by atoms with E-state index in [1.54, 1.807) is 0 Å². The number of carbonyl (C=O) groups is 4. The quantitative estimate of drug-likeness (QED) is 0.241. The topological polar surface area (TPSA) is 165 Å². The summed E-state index contributed by atoms with van der Waals surface area (Å²) >= 11 is 0. The molecular formula is C16H33N3O7S2. The maximum Gasteiger partial charge on any atom is 0.326 e. The molecule has 166 valence electrons. The summed E-state index contributed by atoms with van der Waals surface area (Å²) in [7, 11) is 0. The molecule has 0 radical (unpaired) electrons. The second-order valence-corrected chi connectivity index (χ2v) is 7.00. The lowest BCUT2D eigenvalue weighted by Crippen LogP contribution is -2.51. The van der Waals surface area contributed by atoms with E-state index in [9.17, 15) is 24.3 Å². The predicted octanol–water partition coefficient (Wildman–Crippen LogP) is 0.841. The zero-order chi connectivity index (χ0) is 20.3. The largest absolute Gasteiger partial charge is 0.481 e. The molecule has 0 rings (SSSR count). The molecule has 2 amide bonds. The molecule has 10 nitrogen and oxygen atoms in total. The van der Waals surface area contributed by atoms with Gasteiger partial charge in [0.2, 0.25) is 0 Å². The molecule has 0 aromatic heterocycles. The van der Waals surface area contributed by atoms with Gasteiger partial charge >= 0.3 is 23.9 Å². The maximum atomic E-state index is 11.8. The molecule has 2 atom stereocenters. The van der Waals surface area contributed by atoms with Gasteiger partial charge in [-0.05, 0) is 53.0 Å². The van der Waals surface area contributed by atoms with E-state index in [0.717, 1.165) is 6.42 Å². The van der Waals surface area contributed by atoms with Crippen LogP contribution >= 0.6 is 27.0 Å². The van der Waals surface area contributed by atoms with Gasteiger partial charge in [0.25, 0.3) is 0 Å². The van der Waals surface area contributed by atoms with Crippen molar-refractivity contribution in [2.45, 2.75) is 70.5 Å². The molecule has 12 heteroatoms. The zero-order valence-electron chi connectivity index (χ0n) is 16.4. The third-order valence-electron chi connectivity index (χ3n) is 3.43. The highest BCUT2D eigenvalue weighted by atomic mass is 32.1. The molecule has 28 heavy (non-hydrogen) atoms. The summed E-state index contributed by atoms with van der Waals surface area (Å²) in [6, 6.07) is -3.52. The normalized spacial score (nSPS) is 12.5. The number of urea groups is 1. The number of amides is 2. The van der Waals surface area contributed by atoms with Crippen LogP contribution in [0.5, 0.6) is 0 Å². The first-order valence-corrected chi connectivity index (χ1v) is 8.42. The number of aliphatic carboxylic acids is 3. The Morgan fingerprint density at radius 1 is 0.821 bits per heavy atom. The van der Waals surface area contributed by atoms with Crippen LogP contribution in [0, 0.1) is 0 Å². The van der Waals surface area contributed by atoms with E-state index in [0.29, 0.717) is 13.0 Å². The number of hydrogen-bond acceptors (Lipinski definition) is 5. The summed E-state index contributed by atoms with van der Waals surface area (Å²) in [5.74, 6) is -3.80. The Labute approximate surface area is 178 Å². The first-order valence-electron chi connectivity index (χ1n) is 8.42. The van der Waals surface area contributed by atoms with Gasteiger partial charge in [0.1, 0.15) is 12.1 Å². The summed E-state index contributed by atoms with van der Waals surface area (Å²) in [4.78, 5) is 44.6. The minimum atomic E-state index is -1.41. The number of carboxylic acids is 3. The highest BCUT2D eigenvalue weighted by Crippen LogP contribution is 2.04. The first-order chi connectivity index (χ1) is 11.9. The van der Waals surface area contributed by atoms with Gasteiger partial charge in [0.05, 0.1) is 0 Å². The van der Waals surface area contributed by atoms with Crippen molar-refractivity contribution in [3.05, 3.63) is 0 Å². The second kappa shape index (κ2) is 15.3. The van der Waals surface area contributed by atoms with Crippen LogP contribution in [0.2, 0.25) is 0 Å². The highest BCUT2D eigenvalue weighted by Gasteiger charge is 2.24. The van der Waals surface area contributed by atoms with Gasteiger partial charge in [-0.2, -0.15) is 27.0 Å². The lowest BCUT2D eigenvalue weighted by atomic mass is 10.1. The lowest BCUT2D eigenvalue weighted by molar-refractivity contribution is -0.140. The Morgan fingerprint density at radius 3 is 1.68 bits per heavy atom. The molecule has 0 saturated heterocycles. The molecule has 0 saturated carbocycles. The minimum Gasteiger partial charge on any atom is -0.481 e. The molecule has 0 fully saturated rings. The molecule has 0 aliphatic rings. The third kappa shape index (κ3) is 16.5. The summed E-state index contributed by atoms with van der Waals surface area (Å²) < 4.78 is 0. The molecule has 0 unspecified atom stereocenters. The zero-order valence-corrected chi connectivity index (χ0v) is 18.4. The van der Waals surface area contributed by atoms with Gasteiger partial charge in [-0.3, -0.25) is 4.79 Å². The summed E-state index contributed by atoms with van der Waals surface area (Å²) in [5.41, 5.74) is -0.0356. The van der Waals surface area contributed by atoms with Crippen molar-refractivity contribution >= 4 is 50.9 Å². The SMILES string of the molecule is CC(C)(C)NCCCC[C@H](NC(=O)N[C@@H](CCC(=O)O)C(=O)O)C(=O)O.S.S. The second-order valence-electron chi connectivity index (χ2n) is 7.00. The predicted molar refractivity (Wildman–Crippen MR) is 114 cm³/mol. The van der Waals surface area contributed by atoms with E-state index in [4.69, 9.17) is 10.2 Å². The van der Waals surface area contributed by atoms with Crippen molar-refractivity contribution in [3.8, 4) is 0 Å². The van der Waals surface area contributed by atoms with Gasteiger partial charge < -0.3 is 31.3 Å². The molecule has 0 aliphatic heterocycles. The smallest absolute Gasteiger partial charge is 0.326 e. The number of nitrogens with one attached hydrogen (secondary N) is 3. The fourth-order valence-corrected chi connectivity index (χ4v) is 2.08. The van der Waals surface area contributed by atoms with Crippen molar-refractivity contribution in [1.82, 2.24) is 16.0 Å². The first kappa shape index (κ1) is 31.0. The Bertz CT molecular complexity index is 513. The Hall–Kier alpha value is -1.66. The fourth-order valence-electron chi connectivity index (χ4n) is 2.08. The number of rotatable bonds is 12. The number of carbonyl (C=O) groups excluding carboxylic acids is 1. The average molecular weight is 444 g/mol. The Morgan fingerprint density at radius 2 is 1.29 bits per heavy atom. The highest BCUT2D eigenvalue weighted by molar-refractivity contribution is 7.59. The van der Waals surface area contributed by atoms with E-state index in [1.807, 2.05) is 20.8 Å². The molecule has 0 aromatic carbocycles. The summed E-state index contributed by atoms with van der Waals surface area (Å²) in [6.45, 7) is 6.75. The summed E-state index contributed by atoms with van der Waals surface area (Å²) in [5, 5.41) is 34.3. The summed E-state index contributed by atoms with van der Waals surface area (Å²) in [6.07, 6.45) is 0.749. The van der Waals surface area contributed by atoms with Crippen LogP contribution in [0.3, 0.4) is 0 Å². The average Bonchev–Trinajstić information content (AvgIpc) is 2.48. The maximum absolute atomic E-state index is 11.8. The molecule has 0 bridgehead atoms. The molecular weight excluding hydrogens is 410 g/mol. The van der Waals surface area contributed by atoms with Crippen LogP contribution in [0.25, 0.3) is 0 Å². The number of carboxylic acid groups (broad SMARTS) is 3. The molecule has 0 aromatic rings. The standard InChI is InChI=1S/C16H29N3O7.2H2S/c1-16(2,3)17-9-5-4-6-10(13(22)23)18-15(26)19-11(14(24)25)7-8-12(20)21;;/h10-11,17H,4-9H2,1-3H3,(H,20,21)(H,22,23)(H,24,25)(H2,18,19,26);2*1H2/t10-,11-;;/m0../s1. The van der Waals surface area contributed by atoms with Gasteiger partial charge in [-0.1, -0.05) is 0 Å². The van der Waals surface area contributed by atoms with E-state index in [-0.39, 0.29) is 45.4 Å². The fraction of sp³-hybridized carbons (Fsp3) is 0.750. The van der Waals surface area contributed by atoms with E-state index in [2.05, 4.69) is 16.0 Å². The van der Waals surface area contributed by atoms with Crippen LogP contribution in [-0.2, 0) is 14.4 Å². The van der Waals surface area contributed by atoms with E-state index in [1.165, 1.54) is 0 Å². The van der Waals surface area contributed by atoms with Crippen LogP contribution in [0.4, 0.5) is 4.79 Å². The molecule has 6 N–H and O–H groups in total. The lowest BCUT2D eigenvalue weighted by Gasteiger charge is -2.21. The van der Waals surface area contributed by atoms with Crippen LogP contribution in [0.15, 0.2) is 0 Å². The number of unbranched alkanes of at least 4 members (excludes halogenated alkanes) is 1. The molecule has 0 spiro atoms. The van der Waals surface area contributed by atoms with Gasteiger partial charge in [-0.15, -0.1) is 0 Å². The van der Waals surface area contributed by atoms with E-state index < -0.39 is 42.4 Å². The molecule has 0 heterocycles. The Kier molecular flexibility index (Phi) is 16.9. The van der Waals surface area contributed by atoms with Crippen molar-refractivity contribution < 1.29 is 34.5 Å². The minimum absolute atomic E-state index is 0. The van der Waals surface area contributed by atoms with Gasteiger partial charge in [0.15, 0.2) is 0 Å². The van der Waals surface area contributed by atoms with E-state index >= 15 is 0 Å². The van der Waals surface area contributed by atoms with Crippen LogP contribution in [0.1, 0.15) is 52.9 Å².